The molecular weight excluding hydrogens is 338 g/mol. The predicted molar refractivity (Wildman–Crippen MR) is 90.4 cm³/mol. The molecule has 1 aliphatic heterocycles. The van der Waals surface area contributed by atoms with Gasteiger partial charge >= 0.3 is 5.97 Å². The number of hydrogen-bond donors (Lipinski definition) is 1. The molecule has 1 aromatic rings. The van der Waals surface area contributed by atoms with E-state index in [0.717, 1.165) is 5.57 Å². The van der Waals surface area contributed by atoms with E-state index >= 15 is 0 Å². The van der Waals surface area contributed by atoms with Crippen LogP contribution in [-0.4, -0.2) is 42.8 Å². The Balaban J connectivity index is 2.33. The second kappa shape index (κ2) is 8.38. The summed E-state index contributed by atoms with van der Waals surface area (Å²) in [5, 5.41) is 0.513. The van der Waals surface area contributed by atoms with Crippen molar-refractivity contribution in [3.63, 3.8) is 0 Å². The van der Waals surface area contributed by atoms with Crippen LogP contribution in [0.5, 0.6) is 0 Å². The van der Waals surface area contributed by atoms with Crippen LogP contribution in [0.3, 0.4) is 0 Å². The Kier molecular flexibility index (Phi) is 6.50. The normalized spacial score (nSPS) is 21.7. The van der Waals surface area contributed by atoms with Gasteiger partial charge < -0.3 is 9.47 Å². The van der Waals surface area contributed by atoms with E-state index in [-0.39, 0.29) is 5.25 Å². The summed E-state index contributed by atoms with van der Waals surface area (Å²) in [4.78, 5) is 24.6. The third-order valence-electron chi connectivity index (χ3n) is 3.63. The molecule has 0 spiro atoms. The molecule has 7 heteroatoms. The van der Waals surface area contributed by atoms with Gasteiger partial charge in [0.1, 0.15) is 6.04 Å². The molecule has 0 aliphatic carbocycles. The zero-order chi connectivity index (χ0) is 16.8. The summed E-state index contributed by atoms with van der Waals surface area (Å²) in [5.74, 6) is -0.392. The van der Waals surface area contributed by atoms with Crippen LogP contribution in [0.2, 0.25) is 5.02 Å². The lowest BCUT2D eigenvalue weighted by Gasteiger charge is -2.36. The fraction of sp³-hybridized carbons (Fsp3) is 0.375. The summed E-state index contributed by atoms with van der Waals surface area (Å²) >= 11 is 10.8. The van der Waals surface area contributed by atoms with Gasteiger partial charge in [0.25, 0.3) is 6.47 Å². The number of ether oxygens (including phenoxy) is 2. The summed E-state index contributed by atoms with van der Waals surface area (Å²) in [7, 11) is 1.35. The van der Waals surface area contributed by atoms with Crippen LogP contribution in [0, 0.1) is 0 Å². The highest BCUT2D eigenvalue weighted by Crippen LogP contribution is 2.33. The van der Waals surface area contributed by atoms with E-state index in [0.29, 0.717) is 36.6 Å². The van der Waals surface area contributed by atoms with E-state index in [4.69, 9.17) is 21.1 Å². The molecule has 2 atom stereocenters. The van der Waals surface area contributed by atoms with Crippen LogP contribution in [0.4, 0.5) is 0 Å². The minimum atomic E-state index is -0.636. The number of halogens is 1. The molecule has 1 aliphatic rings. The van der Waals surface area contributed by atoms with E-state index in [9.17, 15) is 9.59 Å². The topological polar surface area (TPSA) is 55.8 Å². The van der Waals surface area contributed by atoms with Gasteiger partial charge in [-0.3, -0.25) is 9.69 Å². The monoisotopic (exact) mass is 355 g/mol. The molecule has 1 fully saturated rings. The smallest absolute Gasteiger partial charge is 0.327 e. The maximum Gasteiger partial charge on any atom is 0.327 e. The van der Waals surface area contributed by atoms with Crippen molar-refractivity contribution < 1.29 is 19.1 Å². The number of benzene rings is 1. The lowest BCUT2D eigenvalue weighted by Crippen LogP contribution is -2.43. The maximum atomic E-state index is 12.3. The summed E-state index contributed by atoms with van der Waals surface area (Å²) in [5.41, 5.74) is 1.56. The average molecular weight is 356 g/mol. The lowest BCUT2D eigenvalue weighted by molar-refractivity contribution is -0.147. The Morgan fingerprint density at radius 3 is 2.87 bits per heavy atom. The van der Waals surface area contributed by atoms with E-state index in [2.05, 4.69) is 12.6 Å². The molecule has 1 aromatic carbocycles. The van der Waals surface area contributed by atoms with Crippen molar-refractivity contribution in [2.45, 2.75) is 17.7 Å². The molecule has 0 aromatic heterocycles. The molecule has 0 bridgehead atoms. The highest BCUT2D eigenvalue weighted by Gasteiger charge is 2.34. The number of likely N-dealkylation sites (tertiary alicyclic amines) is 1. The van der Waals surface area contributed by atoms with Crippen molar-refractivity contribution in [2.75, 3.05) is 20.2 Å². The number of nitrogens with zero attached hydrogens (tertiary/aromatic N) is 1. The van der Waals surface area contributed by atoms with Crippen LogP contribution in [0.15, 0.2) is 36.1 Å². The van der Waals surface area contributed by atoms with Crippen LogP contribution in [-0.2, 0) is 19.1 Å². The van der Waals surface area contributed by atoms with Gasteiger partial charge in [-0.1, -0.05) is 29.8 Å². The number of carbonyl (C=O) groups is 2. The fourth-order valence-electron chi connectivity index (χ4n) is 2.72. The van der Waals surface area contributed by atoms with Crippen molar-refractivity contribution in [3.8, 4) is 0 Å². The van der Waals surface area contributed by atoms with E-state index in [1.807, 2.05) is 11.0 Å². The van der Waals surface area contributed by atoms with Gasteiger partial charge in [0.15, 0.2) is 0 Å². The molecule has 2 rings (SSSR count). The van der Waals surface area contributed by atoms with E-state index < -0.39 is 12.0 Å². The second-order valence-corrected chi connectivity index (χ2v) is 6.38. The van der Waals surface area contributed by atoms with Crippen LogP contribution in [0.25, 0.3) is 0 Å². The highest BCUT2D eigenvalue weighted by atomic mass is 35.5. The van der Waals surface area contributed by atoms with Gasteiger partial charge in [-0.2, -0.15) is 12.6 Å². The Labute approximate surface area is 145 Å². The molecule has 0 amide bonds. The van der Waals surface area contributed by atoms with Crippen molar-refractivity contribution in [1.82, 2.24) is 4.90 Å². The third-order valence-corrected chi connectivity index (χ3v) is 4.32. The zero-order valence-electron chi connectivity index (χ0n) is 12.6. The van der Waals surface area contributed by atoms with Crippen LogP contribution in [0.1, 0.15) is 18.0 Å². The Morgan fingerprint density at radius 1 is 1.48 bits per heavy atom. The first kappa shape index (κ1) is 17.8. The molecule has 1 saturated heterocycles. The largest absolute Gasteiger partial charge is 0.468 e. The van der Waals surface area contributed by atoms with Crippen molar-refractivity contribution in [2.24, 2.45) is 0 Å². The molecule has 0 saturated carbocycles. The SMILES string of the molecule is COC(=O)C(c1ccccc1Cl)N1CC(=COC=O)CC(S)C1. The molecule has 5 nitrogen and oxygen atoms in total. The first-order valence-corrected chi connectivity index (χ1v) is 7.97. The highest BCUT2D eigenvalue weighted by molar-refractivity contribution is 7.81. The first-order valence-electron chi connectivity index (χ1n) is 7.08. The molecule has 23 heavy (non-hydrogen) atoms. The molecule has 0 N–H and O–H groups in total. The quantitative estimate of drug-likeness (QED) is 0.381. The summed E-state index contributed by atoms with van der Waals surface area (Å²) in [6.07, 6.45) is 2.09. The molecule has 0 radical (unpaired) electrons. The summed E-state index contributed by atoms with van der Waals surface area (Å²) in [6.45, 7) is 1.42. The second-order valence-electron chi connectivity index (χ2n) is 5.24. The fourth-order valence-corrected chi connectivity index (χ4v) is 3.40. The number of esters is 1. The Morgan fingerprint density at radius 2 is 2.22 bits per heavy atom. The van der Waals surface area contributed by atoms with E-state index in [1.165, 1.54) is 13.4 Å². The number of thiol groups is 1. The maximum absolute atomic E-state index is 12.3. The predicted octanol–water partition coefficient (Wildman–Crippen LogP) is 2.62. The number of piperidine rings is 1. The molecule has 1 heterocycles. The van der Waals surface area contributed by atoms with E-state index in [1.54, 1.807) is 18.2 Å². The van der Waals surface area contributed by atoms with Gasteiger partial charge in [-0.25, -0.2) is 4.79 Å². The molecular formula is C16H18ClNO4S. The Bertz CT molecular complexity index is 607. The summed E-state index contributed by atoms with van der Waals surface area (Å²) < 4.78 is 9.68. The van der Waals surface area contributed by atoms with Crippen molar-refractivity contribution >= 4 is 36.7 Å². The third kappa shape index (κ3) is 4.50. The summed E-state index contributed by atoms with van der Waals surface area (Å²) in [6, 6.07) is 6.54. The van der Waals surface area contributed by atoms with Gasteiger partial charge in [0.2, 0.25) is 0 Å². The number of methoxy groups -OCH3 is 1. The minimum Gasteiger partial charge on any atom is -0.468 e. The van der Waals surface area contributed by atoms with Gasteiger partial charge in [-0.15, -0.1) is 0 Å². The average Bonchev–Trinajstić information content (AvgIpc) is 2.54. The van der Waals surface area contributed by atoms with Crippen molar-refractivity contribution in [1.29, 1.82) is 0 Å². The minimum absolute atomic E-state index is 0.0138. The van der Waals surface area contributed by atoms with Crippen molar-refractivity contribution in [3.05, 3.63) is 46.7 Å². The zero-order valence-corrected chi connectivity index (χ0v) is 14.3. The number of carbonyl (C=O) groups excluding carboxylic acids is 2. The van der Waals surface area contributed by atoms with Crippen LogP contribution < -0.4 is 0 Å². The van der Waals surface area contributed by atoms with Gasteiger partial charge in [0, 0.05) is 23.4 Å². The molecule has 2 unspecified atom stereocenters. The van der Waals surface area contributed by atoms with Gasteiger partial charge in [0.05, 0.1) is 13.4 Å². The first-order chi connectivity index (χ1) is 11.1. The number of hydrogen-bond acceptors (Lipinski definition) is 6. The van der Waals surface area contributed by atoms with Gasteiger partial charge in [-0.05, 0) is 23.6 Å². The Hall–Kier alpha value is -1.50. The van der Waals surface area contributed by atoms with Crippen LogP contribution >= 0.6 is 24.2 Å². The standard InChI is InChI=1S/C16H18ClNO4S/c1-21-16(20)15(13-4-2-3-5-14(13)17)18-7-11(9-22-10-19)6-12(23)8-18/h2-5,9-10,12,15,23H,6-8H2,1H3. The lowest BCUT2D eigenvalue weighted by atomic mass is 9.99. The molecule has 124 valence electrons. The number of rotatable bonds is 5.